The van der Waals surface area contributed by atoms with Crippen molar-refractivity contribution in [2.45, 2.75) is 51.7 Å². The van der Waals surface area contributed by atoms with Crippen LogP contribution < -0.4 is 5.32 Å². The van der Waals surface area contributed by atoms with Crippen LogP contribution in [0, 0.1) is 5.92 Å². The van der Waals surface area contributed by atoms with Gasteiger partial charge in [-0.3, -0.25) is 4.79 Å². The van der Waals surface area contributed by atoms with Crippen LogP contribution in [-0.2, 0) is 9.53 Å². The molecule has 0 aliphatic heterocycles. The first-order valence-corrected chi connectivity index (χ1v) is 7.06. The van der Waals surface area contributed by atoms with Crippen LogP contribution in [0.5, 0.6) is 0 Å². The highest BCUT2D eigenvalue weighted by Crippen LogP contribution is 2.03. The maximum Gasteiger partial charge on any atom is 0.245 e. The van der Waals surface area contributed by atoms with Crippen molar-refractivity contribution in [3.05, 3.63) is 0 Å². The fourth-order valence-electron chi connectivity index (χ4n) is 1.43. The molecular weight excluding hydrogens is 234 g/mol. The Hall–Kier alpha value is -0.220. The van der Waals surface area contributed by atoms with E-state index in [0.29, 0.717) is 17.8 Å². The predicted molar refractivity (Wildman–Crippen MR) is 75.6 cm³/mol. The zero-order valence-electron chi connectivity index (χ0n) is 11.4. The molecule has 17 heavy (non-hydrogen) atoms. The zero-order chi connectivity index (χ0) is 13.1. The van der Waals surface area contributed by atoms with Gasteiger partial charge in [-0.2, -0.15) is 12.6 Å². The molecule has 0 aliphatic carbocycles. The normalized spacial score (nSPS) is 12.8. The molecule has 1 N–H and O–H groups in total. The number of hydrogen-bond acceptors (Lipinski definition) is 3. The van der Waals surface area contributed by atoms with Gasteiger partial charge < -0.3 is 10.1 Å². The Morgan fingerprint density at radius 1 is 1.24 bits per heavy atom. The summed E-state index contributed by atoms with van der Waals surface area (Å²) in [5.74, 6) is 0.692. The molecule has 0 fully saturated rings. The van der Waals surface area contributed by atoms with E-state index in [1.54, 1.807) is 0 Å². The van der Waals surface area contributed by atoms with Crippen LogP contribution in [0.2, 0.25) is 0 Å². The van der Waals surface area contributed by atoms with Gasteiger partial charge in [0.05, 0.1) is 0 Å². The highest BCUT2D eigenvalue weighted by Gasteiger charge is 2.01. The van der Waals surface area contributed by atoms with E-state index in [1.807, 2.05) is 0 Å². The first kappa shape index (κ1) is 16.8. The van der Waals surface area contributed by atoms with Gasteiger partial charge in [0, 0.05) is 13.2 Å². The lowest BCUT2D eigenvalue weighted by atomic mass is 10.1. The smallest absolute Gasteiger partial charge is 0.245 e. The van der Waals surface area contributed by atoms with E-state index in [-0.39, 0.29) is 12.5 Å². The summed E-state index contributed by atoms with van der Waals surface area (Å²) in [5.41, 5.74) is 0. The van der Waals surface area contributed by atoms with Crippen LogP contribution in [0.25, 0.3) is 0 Å². The second kappa shape index (κ2) is 10.9. The summed E-state index contributed by atoms with van der Waals surface area (Å²) in [5, 5.41) is 3.24. The molecule has 0 heterocycles. The van der Waals surface area contributed by atoms with Crippen LogP contribution in [0.1, 0.15) is 46.5 Å². The summed E-state index contributed by atoms with van der Waals surface area (Å²) in [6, 6.07) is 0. The maximum atomic E-state index is 11.3. The molecule has 0 spiro atoms. The number of thiol groups is 1. The van der Waals surface area contributed by atoms with Crippen LogP contribution in [-0.4, -0.2) is 30.9 Å². The molecule has 0 rings (SSSR count). The van der Waals surface area contributed by atoms with E-state index in [9.17, 15) is 4.79 Å². The molecule has 0 saturated carbocycles. The van der Waals surface area contributed by atoms with Crippen molar-refractivity contribution in [3.63, 3.8) is 0 Å². The van der Waals surface area contributed by atoms with Gasteiger partial charge in [-0.05, 0) is 36.9 Å². The molecule has 1 amide bonds. The van der Waals surface area contributed by atoms with Crippen molar-refractivity contribution >= 4 is 18.5 Å². The molecule has 0 aromatic carbocycles. The third-order valence-corrected chi connectivity index (χ3v) is 2.68. The van der Waals surface area contributed by atoms with Crippen LogP contribution in [0.3, 0.4) is 0 Å². The Morgan fingerprint density at radius 3 is 2.53 bits per heavy atom. The number of rotatable bonds is 10. The van der Waals surface area contributed by atoms with Gasteiger partial charge in [-0.25, -0.2) is 0 Å². The number of amides is 1. The monoisotopic (exact) mass is 261 g/mol. The van der Waals surface area contributed by atoms with Crippen LogP contribution in [0.4, 0.5) is 0 Å². The second-order valence-electron chi connectivity index (χ2n) is 4.93. The highest BCUT2D eigenvalue weighted by molar-refractivity contribution is 7.80. The van der Waals surface area contributed by atoms with Gasteiger partial charge in [-0.15, -0.1) is 0 Å². The van der Waals surface area contributed by atoms with Crippen molar-refractivity contribution in [2.24, 2.45) is 5.92 Å². The number of carbonyl (C=O) groups is 1. The van der Waals surface area contributed by atoms with Gasteiger partial charge in [0.2, 0.25) is 5.91 Å². The molecule has 0 aromatic rings. The van der Waals surface area contributed by atoms with Gasteiger partial charge in [0.1, 0.15) is 6.61 Å². The molecule has 0 radical (unpaired) electrons. The van der Waals surface area contributed by atoms with Crippen molar-refractivity contribution < 1.29 is 9.53 Å². The Kier molecular flexibility index (Phi) is 10.8. The van der Waals surface area contributed by atoms with Crippen molar-refractivity contribution in [3.8, 4) is 0 Å². The van der Waals surface area contributed by atoms with Gasteiger partial charge >= 0.3 is 0 Å². The van der Waals surface area contributed by atoms with E-state index in [1.165, 1.54) is 0 Å². The van der Waals surface area contributed by atoms with Gasteiger partial charge in [-0.1, -0.05) is 20.8 Å². The van der Waals surface area contributed by atoms with Crippen LogP contribution >= 0.6 is 12.6 Å². The van der Waals surface area contributed by atoms with E-state index < -0.39 is 0 Å². The number of nitrogens with one attached hydrogen (secondary N) is 1. The highest BCUT2D eigenvalue weighted by atomic mass is 32.1. The Labute approximate surface area is 111 Å². The lowest BCUT2D eigenvalue weighted by Gasteiger charge is -2.08. The standard InChI is InChI=1S/C13H27NO2S/c1-11(2)6-5-9-16-10-13(15)14-8-4-7-12(3)17/h11-12,17H,4-10H2,1-3H3,(H,14,15). The maximum absolute atomic E-state index is 11.3. The van der Waals surface area contributed by atoms with Gasteiger partial charge in [0.15, 0.2) is 0 Å². The minimum Gasteiger partial charge on any atom is -0.372 e. The average molecular weight is 261 g/mol. The molecular formula is C13H27NO2S. The van der Waals surface area contributed by atoms with E-state index >= 15 is 0 Å². The SMILES string of the molecule is CC(C)CCCOCC(=O)NCCCC(C)S. The quantitative estimate of drug-likeness (QED) is 0.469. The molecule has 0 saturated heterocycles. The first-order valence-electron chi connectivity index (χ1n) is 6.55. The summed E-state index contributed by atoms with van der Waals surface area (Å²) in [7, 11) is 0. The second-order valence-corrected chi connectivity index (χ2v) is 5.81. The van der Waals surface area contributed by atoms with Gasteiger partial charge in [0.25, 0.3) is 0 Å². The summed E-state index contributed by atoms with van der Waals surface area (Å²) in [6.45, 7) is 8.03. The zero-order valence-corrected chi connectivity index (χ0v) is 12.3. The molecule has 3 nitrogen and oxygen atoms in total. The minimum absolute atomic E-state index is 0.0126. The van der Waals surface area contributed by atoms with Crippen molar-refractivity contribution in [1.29, 1.82) is 0 Å². The molecule has 0 aliphatic rings. The van der Waals surface area contributed by atoms with E-state index in [4.69, 9.17) is 4.74 Å². The largest absolute Gasteiger partial charge is 0.372 e. The summed E-state index contributed by atoms with van der Waals surface area (Å²) in [4.78, 5) is 11.3. The fourth-order valence-corrected chi connectivity index (χ4v) is 1.62. The van der Waals surface area contributed by atoms with Crippen LogP contribution in [0.15, 0.2) is 0 Å². The summed E-state index contributed by atoms with van der Waals surface area (Å²) < 4.78 is 5.30. The Balaban J connectivity index is 3.23. The third kappa shape index (κ3) is 13.7. The Bertz CT molecular complexity index is 196. The lowest BCUT2D eigenvalue weighted by Crippen LogP contribution is -2.28. The average Bonchev–Trinajstić information content (AvgIpc) is 2.23. The molecule has 1 unspecified atom stereocenters. The van der Waals surface area contributed by atoms with E-state index in [0.717, 1.165) is 32.2 Å². The molecule has 1 atom stereocenters. The lowest BCUT2D eigenvalue weighted by molar-refractivity contribution is -0.125. The van der Waals surface area contributed by atoms with Crippen molar-refractivity contribution in [1.82, 2.24) is 5.32 Å². The molecule has 0 aromatic heterocycles. The molecule has 102 valence electrons. The summed E-state index contributed by atoms with van der Waals surface area (Å²) in [6.07, 6.45) is 4.19. The van der Waals surface area contributed by atoms with Crippen molar-refractivity contribution in [2.75, 3.05) is 19.8 Å². The first-order chi connectivity index (χ1) is 8.02. The number of hydrogen-bond donors (Lipinski definition) is 2. The number of carbonyl (C=O) groups excluding carboxylic acids is 1. The molecule has 4 heteroatoms. The minimum atomic E-state index is -0.0126. The molecule has 0 bridgehead atoms. The summed E-state index contributed by atoms with van der Waals surface area (Å²) >= 11 is 4.28. The fraction of sp³-hybridized carbons (Fsp3) is 0.923. The third-order valence-electron chi connectivity index (χ3n) is 2.42. The Morgan fingerprint density at radius 2 is 1.94 bits per heavy atom. The number of ether oxygens (including phenoxy) is 1. The predicted octanol–water partition coefficient (Wildman–Crippen LogP) is 2.65. The topological polar surface area (TPSA) is 38.3 Å². The van der Waals surface area contributed by atoms with E-state index in [2.05, 4.69) is 38.7 Å².